The van der Waals surface area contributed by atoms with Gasteiger partial charge in [-0.1, -0.05) is 167 Å². The topological polar surface area (TPSA) is 189 Å². The molecule has 14 nitrogen and oxygen atoms in total. The normalized spacial score (nSPS) is 16.2. The van der Waals surface area contributed by atoms with Gasteiger partial charge in [0.05, 0.1) is 6.54 Å². The summed E-state index contributed by atoms with van der Waals surface area (Å²) < 4.78 is 22.2. The third-order valence-electron chi connectivity index (χ3n) is 13.6. The van der Waals surface area contributed by atoms with E-state index in [-0.39, 0.29) is 48.9 Å². The van der Waals surface area contributed by atoms with E-state index in [0.717, 1.165) is 76.6 Å². The highest BCUT2D eigenvalue weighted by Gasteiger charge is 2.42. The molecule has 2 amide bonds. The number of thioether (sulfide) groups is 2. The van der Waals surface area contributed by atoms with Crippen LogP contribution >= 0.6 is 34.9 Å². The van der Waals surface area contributed by atoms with E-state index in [2.05, 4.69) is 46.8 Å². The molecule has 4 aromatic carbocycles. The van der Waals surface area contributed by atoms with E-state index in [4.69, 9.17) is 23.9 Å². The lowest BCUT2D eigenvalue weighted by atomic mass is 9.98. The molecule has 3 aliphatic rings. The molecule has 0 fully saturated rings. The lowest BCUT2D eigenvalue weighted by Gasteiger charge is -2.27. The number of benzene rings is 4. The number of hydrogen-bond acceptors (Lipinski definition) is 15. The van der Waals surface area contributed by atoms with Gasteiger partial charge in [0, 0.05) is 41.6 Å². The van der Waals surface area contributed by atoms with Crippen molar-refractivity contribution in [3.05, 3.63) is 148 Å². The monoisotopic (exact) mass is 1080 g/mol. The van der Waals surface area contributed by atoms with E-state index >= 15 is 0 Å². The van der Waals surface area contributed by atoms with Crippen LogP contribution < -0.4 is 10.6 Å². The Morgan fingerprint density at radius 2 is 1.34 bits per heavy atom. The number of esters is 2. The fourth-order valence-electron chi connectivity index (χ4n) is 9.52. The van der Waals surface area contributed by atoms with Crippen molar-refractivity contribution in [2.45, 2.75) is 115 Å². The van der Waals surface area contributed by atoms with Gasteiger partial charge in [-0.2, -0.15) is 0 Å². The zero-order chi connectivity index (χ0) is 53.6. The Labute approximate surface area is 456 Å². The van der Waals surface area contributed by atoms with E-state index in [1.165, 1.54) is 34.9 Å². The molecule has 1 aromatic heterocycles. The summed E-state index contributed by atoms with van der Waals surface area (Å²) in [6.07, 6.45) is 6.27. The average molecular weight is 1090 g/mol. The fraction of sp³-hybridized carbons (Fsp3) is 0.390. The van der Waals surface area contributed by atoms with Crippen molar-refractivity contribution in [2.24, 2.45) is 10.9 Å². The second-order valence-electron chi connectivity index (χ2n) is 19.5. The Kier molecular flexibility index (Phi) is 19.4. The van der Waals surface area contributed by atoms with Crippen molar-refractivity contribution in [3.63, 3.8) is 0 Å². The summed E-state index contributed by atoms with van der Waals surface area (Å²) in [6.45, 7) is 7.50. The van der Waals surface area contributed by atoms with Crippen LogP contribution in [0.15, 0.2) is 120 Å². The van der Waals surface area contributed by atoms with Gasteiger partial charge in [-0.3, -0.25) is 14.6 Å². The van der Waals surface area contributed by atoms with E-state index < -0.39 is 53.7 Å². The number of thiazole rings is 1. The minimum absolute atomic E-state index is 0.0685. The first-order valence-corrected chi connectivity index (χ1v) is 28.8. The molecular weight excluding hydrogens is 1020 g/mol. The van der Waals surface area contributed by atoms with Gasteiger partial charge in [0.2, 0.25) is 12.0 Å². The molecule has 0 spiro atoms. The number of allylic oxidation sites excluding steroid dienone is 1. The maximum absolute atomic E-state index is 14.1. The summed E-state index contributed by atoms with van der Waals surface area (Å²) in [5.41, 5.74) is 7.81. The molecule has 0 saturated carbocycles. The predicted octanol–water partition coefficient (Wildman–Crippen LogP) is 11.9. The number of fused-ring (bicyclic) bond motifs is 6. The minimum atomic E-state index is -1.57. The van der Waals surface area contributed by atoms with Crippen molar-refractivity contribution in [3.8, 4) is 22.3 Å². The van der Waals surface area contributed by atoms with E-state index in [0.29, 0.717) is 34.3 Å². The van der Waals surface area contributed by atoms with Crippen LogP contribution in [0, 0.1) is 5.92 Å². The van der Waals surface area contributed by atoms with E-state index in [1.807, 2.05) is 78.2 Å². The number of nitrogens with zero attached hydrogens (tertiary/aromatic N) is 2. The van der Waals surface area contributed by atoms with Crippen LogP contribution in [0.2, 0.25) is 0 Å². The first-order valence-electron chi connectivity index (χ1n) is 26.0. The van der Waals surface area contributed by atoms with Crippen LogP contribution in [-0.4, -0.2) is 87.6 Å². The highest BCUT2D eigenvalue weighted by atomic mass is 32.2. The Balaban J connectivity index is 0.853. The molecule has 1 aliphatic heterocycles. The van der Waals surface area contributed by atoms with E-state index in [1.54, 1.807) is 32.9 Å². The van der Waals surface area contributed by atoms with Crippen LogP contribution in [0.5, 0.6) is 0 Å². The third-order valence-corrected chi connectivity index (χ3v) is 16.7. The quantitative estimate of drug-likeness (QED) is 0.0195. The lowest BCUT2D eigenvalue weighted by molar-refractivity contribution is -0.167. The van der Waals surface area contributed by atoms with Crippen LogP contribution in [0.4, 0.5) is 9.59 Å². The van der Waals surface area contributed by atoms with Crippen molar-refractivity contribution >= 4 is 75.1 Å². The summed E-state index contributed by atoms with van der Waals surface area (Å²) in [5.74, 6) is -2.63. The largest absolute Gasteiger partial charge is 0.516 e. The van der Waals surface area contributed by atoms with Gasteiger partial charge < -0.3 is 29.6 Å². The number of ether oxygens (including phenoxy) is 4. The SMILES string of the molecule is CCCCCCCC(=O)SCC/C=C/C[C@H](OC(=O)[C@H](NC(=O)[C@]1(C)CSC(c2csc(CNC(=O)OCC3c4ccccc4-c4ccccc43)n2)=N1)C(C)C)C(=O)OC(=O)OCC1c2ccccc2-c2ccccc21. The highest BCUT2D eigenvalue weighted by Crippen LogP contribution is 2.46. The van der Waals surface area contributed by atoms with E-state index in [9.17, 15) is 28.8 Å². The molecule has 398 valence electrons. The van der Waals surface area contributed by atoms with Crippen LogP contribution in [0.25, 0.3) is 22.3 Å². The maximum atomic E-state index is 14.1. The molecule has 5 aromatic rings. The first-order chi connectivity index (χ1) is 36.8. The van der Waals surface area contributed by atoms with Crippen LogP contribution in [-0.2, 0) is 44.7 Å². The highest BCUT2D eigenvalue weighted by molar-refractivity contribution is 8.14. The number of alkyl carbamates (subject to hydrolysis) is 1. The van der Waals surface area contributed by atoms with Crippen LogP contribution in [0.3, 0.4) is 0 Å². The molecule has 2 heterocycles. The smallest absolute Gasteiger partial charge is 0.449 e. The summed E-state index contributed by atoms with van der Waals surface area (Å²) in [4.78, 5) is 89.7. The number of carbonyl (C=O) groups is 6. The molecule has 0 radical (unpaired) electrons. The molecule has 2 N–H and O–H groups in total. The summed E-state index contributed by atoms with van der Waals surface area (Å²) in [5, 5.41) is 8.70. The summed E-state index contributed by atoms with van der Waals surface area (Å²) in [7, 11) is 0. The van der Waals surface area contributed by atoms with Crippen molar-refractivity contribution < 1.29 is 47.7 Å². The van der Waals surface area contributed by atoms with Gasteiger partial charge in [-0.05, 0) is 70.2 Å². The second kappa shape index (κ2) is 26.5. The van der Waals surface area contributed by atoms with Gasteiger partial charge in [-0.15, -0.1) is 23.1 Å². The first kappa shape index (κ1) is 55.7. The zero-order valence-corrected chi connectivity index (χ0v) is 45.7. The Bertz CT molecular complexity index is 2880. The second-order valence-corrected chi connectivity index (χ2v) is 22.6. The molecular formula is C59H64N4O10S3. The Morgan fingerprint density at radius 1 is 0.763 bits per heavy atom. The van der Waals surface area contributed by atoms with Gasteiger partial charge in [-0.25, -0.2) is 24.2 Å². The number of hydrogen-bond donors (Lipinski definition) is 2. The molecule has 0 saturated heterocycles. The van der Waals surface area contributed by atoms with Gasteiger partial charge in [0.15, 0.2) is 5.12 Å². The number of rotatable bonds is 24. The number of amides is 2. The molecule has 17 heteroatoms. The summed E-state index contributed by atoms with van der Waals surface area (Å²) >= 11 is 3.94. The standard InChI is InChI=1S/C59H64N4O10S3/c1-5-6-7-8-11-30-51(64)74-31-20-9-10-29-49(54(65)73-58(69)71-34-47-44-27-18-14-23-40(44)41-24-15-19-28-45(41)47)72-55(66)52(37(2)3)62-56(67)59(4)36-76-53(63-59)48-35-75-50(61-48)32-60-57(68)70-33-46-42-25-16-12-21-38(42)39-22-13-17-26-43(39)46/h9-10,12-19,21-28,35,37,46-47,49,52H,5-8,11,20,29-34,36H2,1-4H3,(H,60,68)(H,62,67)/b10-9+/t49-,52+,59-/m0/s1. The minimum Gasteiger partial charge on any atom is -0.449 e. The van der Waals surface area contributed by atoms with Gasteiger partial charge >= 0.3 is 24.2 Å². The summed E-state index contributed by atoms with van der Waals surface area (Å²) in [6, 6.07) is 30.8. The zero-order valence-electron chi connectivity index (χ0n) is 43.3. The molecule has 76 heavy (non-hydrogen) atoms. The number of carbonyl (C=O) groups excluding carboxylic acids is 6. The predicted molar refractivity (Wildman–Crippen MR) is 298 cm³/mol. The average Bonchev–Trinajstić information content (AvgIpc) is 4.23. The van der Waals surface area contributed by atoms with Gasteiger partial charge in [0.1, 0.15) is 40.5 Å². The molecule has 0 unspecified atom stereocenters. The Morgan fingerprint density at radius 3 is 1.93 bits per heavy atom. The molecule has 3 atom stereocenters. The molecule has 0 bridgehead atoms. The number of aliphatic imine (C=N–C) groups is 1. The number of aromatic nitrogens is 1. The van der Waals surface area contributed by atoms with Crippen molar-refractivity contribution in [2.75, 3.05) is 24.7 Å². The number of unbranched alkanes of at least 4 members (excludes halogenated alkanes) is 4. The molecule has 8 rings (SSSR count). The Hall–Kier alpha value is -6.56. The van der Waals surface area contributed by atoms with Crippen LogP contribution in [0.1, 0.15) is 124 Å². The molecule has 2 aliphatic carbocycles. The third kappa shape index (κ3) is 13.9. The van der Waals surface area contributed by atoms with Crippen molar-refractivity contribution in [1.82, 2.24) is 15.6 Å². The van der Waals surface area contributed by atoms with Gasteiger partial charge in [0.25, 0.3) is 0 Å². The number of nitrogens with one attached hydrogen (secondary N) is 2. The maximum Gasteiger partial charge on any atom is 0.516 e. The van der Waals surface area contributed by atoms with Crippen molar-refractivity contribution in [1.29, 1.82) is 0 Å². The fourth-order valence-corrected chi connectivity index (χ4v) is 12.2. The lowest BCUT2D eigenvalue weighted by Crippen LogP contribution is -2.53.